The highest BCUT2D eigenvalue weighted by Gasteiger charge is 2.24. The van der Waals surface area contributed by atoms with Crippen molar-refractivity contribution in [1.82, 2.24) is 14.1 Å². The molecule has 0 atom stereocenters. The topological polar surface area (TPSA) is 136 Å². The van der Waals surface area contributed by atoms with Crippen molar-refractivity contribution < 1.29 is 19.1 Å². The molecule has 0 unspecified atom stereocenters. The van der Waals surface area contributed by atoms with Crippen molar-refractivity contribution in [2.45, 2.75) is 13.5 Å². The lowest BCUT2D eigenvalue weighted by Crippen LogP contribution is -2.43. The summed E-state index contributed by atoms with van der Waals surface area (Å²) in [6, 6.07) is 11.9. The van der Waals surface area contributed by atoms with Gasteiger partial charge in [-0.25, -0.2) is 14.6 Å². The van der Waals surface area contributed by atoms with Crippen molar-refractivity contribution in [3.63, 3.8) is 0 Å². The molecule has 10 heteroatoms. The van der Waals surface area contributed by atoms with E-state index in [1.54, 1.807) is 31.2 Å². The lowest BCUT2D eigenvalue weighted by molar-refractivity contribution is 0.0469. The van der Waals surface area contributed by atoms with Gasteiger partial charge in [0.2, 0.25) is 11.7 Å². The van der Waals surface area contributed by atoms with Crippen LogP contribution >= 0.6 is 0 Å². The fourth-order valence-electron chi connectivity index (χ4n) is 3.04. The van der Waals surface area contributed by atoms with E-state index < -0.39 is 35.2 Å². The van der Waals surface area contributed by atoms with Gasteiger partial charge in [0.1, 0.15) is 16.9 Å². The standard InChI is InChI=1S/C22H22N4O6/c1-3-31-19-15(10-7-11-24-19)21(29)32-13-16(27)17-18(23)26(22(30)25(2)20(17)28)12-14-8-5-4-6-9-14/h4-11H,3,12-13,23H2,1-2H3. The molecule has 2 heterocycles. The molecular weight excluding hydrogens is 416 g/mol. The molecule has 0 fully saturated rings. The van der Waals surface area contributed by atoms with E-state index in [2.05, 4.69) is 4.98 Å². The van der Waals surface area contributed by atoms with Crippen molar-refractivity contribution in [3.05, 3.63) is 86.2 Å². The van der Waals surface area contributed by atoms with Crippen molar-refractivity contribution in [2.24, 2.45) is 7.05 Å². The Balaban J connectivity index is 1.88. The van der Waals surface area contributed by atoms with Crippen LogP contribution in [0.5, 0.6) is 5.88 Å². The molecule has 166 valence electrons. The van der Waals surface area contributed by atoms with Crippen molar-refractivity contribution in [3.8, 4) is 5.88 Å². The SMILES string of the molecule is CCOc1ncccc1C(=O)OCC(=O)c1c(N)n(Cc2ccccc2)c(=O)n(C)c1=O. The Kier molecular flexibility index (Phi) is 6.83. The van der Waals surface area contributed by atoms with Crippen LogP contribution < -0.4 is 21.7 Å². The van der Waals surface area contributed by atoms with Gasteiger partial charge in [0, 0.05) is 13.2 Å². The number of benzene rings is 1. The summed E-state index contributed by atoms with van der Waals surface area (Å²) in [6.45, 7) is 1.33. The number of nitrogen functional groups attached to an aromatic ring is 1. The number of hydrogen-bond donors (Lipinski definition) is 1. The monoisotopic (exact) mass is 438 g/mol. The molecule has 3 aromatic rings. The van der Waals surface area contributed by atoms with Gasteiger partial charge < -0.3 is 15.2 Å². The molecule has 1 aromatic carbocycles. The number of ketones is 1. The number of carbonyl (C=O) groups is 2. The van der Waals surface area contributed by atoms with Gasteiger partial charge in [-0.1, -0.05) is 30.3 Å². The Bertz CT molecular complexity index is 1260. The first-order valence-electron chi connectivity index (χ1n) is 9.76. The molecule has 3 rings (SSSR count). The number of esters is 1. The Labute approximate surface area is 182 Å². The maximum atomic E-state index is 12.8. The number of rotatable bonds is 8. The highest BCUT2D eigenvalue weighted by atomic mass is 16.5. The maximum Gasteiger partial charge on any atom is 0.344 e. The van der Waals surface area contributed by atoms with Gasteiger partial charge in [-0.3, -0.25) is 18.7 Å². The first kappa shape index (κ1) is 22.5. The van der Waals surface area contributed by atoms with Crippen molar-refractivity contribution in [1.29, 1.82) is 0 Å². The number of aromatic nitrogens is 3. The molecular formula is C22H22N4O6. The van der Waals surface area contributed by atoms with Crippen LogP contribution in [0.4, 0.5) is 5.82 Å². The molecule has 0 saturated carbocycles. The summed E-state index contributed by atoms with van der Waals surface area (Å²) in [5.41, 5.74) is 4.88. The molecule has 0 spiro atoms. The second kappa shape index (κ2) is 9.73. The van der Waals surface area contributed by atoms with Crippen LogP contribution in [0.3, 0.4) is 0 Å². The fraction of sp³-hybridized carbons (Fsp3) is 0.227. The van der Waals surface area contributed by atoms with E-state index in [0.717, 1.165) is 14.7 Å². The quantitative estimate of drug-likeness (QED) is 0.407. The molecule has 0 saturated heterocycles. The number of nitrogens with zero attached hydrogens (tertiary/aromatic N) is 3. The summed E-state index contributed by atoms with van der Waals surface area (Å²) >= 11 is 0. The van der Waals surface area contributed by atoms with Gasteiger partial charge in [0.25, 0.3) is 5.56 Å². The summed E-state index contributed by atoms with van der Waals surface area (Å²) in [6.07, 6.45) is 1.45. The average molecular weight is 438 g/mol. The molecule has 0 aliphatic rings. The normalized spacial score (nSPS) is 10.6. The molecule has 0 aliphatic carbocycles. The summed E-state index contributed by atoms with van der Waals surface area (Å²) in [4.78, 5) is 54.3. The highest BCUT2D eigenvalue weighted by molar-refractivity contribution is 6.02. The van der Waals surface area contributed by atoms with E-state index in [1.165, 1.54) is 25.4 Å². The molecule has 0 radical (unpaired) electrons. The lowest BCUT2D eigenvalue weighted by atomic mass is 10.2. The molecule has 2 N–H and O–H groups in total. The zero-order chi connectivity index (χ0) is 23.3. The van der Waals surface area contributed by atoms with Crippen LogP contribution in [0.1, 0.15) is 33.2 Å². The van der Waals surface area contributed by atoms with Gasteiger partial charge >= 0.3 is 11.7 Å². The Hall–Kier alpha value is -4.21. The number of anilines is 1. The zero-order valence-corrected chi connectivity index (χ0v) is 17.6. The van der Waals surface area contributed by atoms with Crippen LogP contribution in [-0.4, -0.2) is 39.1 Å². The molecule has 10 nitrogen and oxygen atoms in total. The van der Waals surface area contributed by atoms with Crippen LogP contribution in [0, 0.1) is 0 Å². The molecule has 2 aromatic heterocycles. The van der Waals surface area contributed by atoms with Crippen LogP contribution in [0.15, 0.2) is 58.3 Å². The van der Waals surface area contributed by atoms with E-state index in [0.29, 0.717) is 0 Å². The number of pyridine rings is 1. The van der Waals surface area contributed by atoms with Gasteiger partial charge in [0.05, 0.1) is 13.2 Å². The van der Waals surface area contributed by atoms with E-state index in [4.69, 9.17) is 15.2 Å². The summed E-state index contributed by atoms with van der Waals surface area (Å²) in [7, 11) is 1.25. The first-order chi connectivity index (χ1) is 15.3. The average Bonchev–Trinajstić information content (AvgIpc) is 2.80. The second-order valence-electron chi connectivity index (χ2n) is 6.77. The second-order valence-corrected chi connectivity index (χ2v) is 6.77. The Morgan fingerprint density at radius 2 is 1.81 bits per heavy atom. The van der Waals surface area contributed by atoms with E-state index in [1.807, 2.05) is 6.07 Å². The van der Waals surface area contributed by atoms with E-state index in [-0.39, 0.29) is 30.4 Å². The van der Waals surface area contributed by atoms with Crippen LogP contribution in [0.25, 0.3) is 0 Å². The van der Waals surface area contributed by atoms with Crippen LogP contribution in [0.2, 0.25) is 0 Å². The van der Waals surface area contributed by atoms with Gasteiger partial charge in [0.15, 0.2) is 6.61 Å². The minimum atomic E-state index is -0.866. The molecule has 32 heavy (non-hydrogen) atoms. The lowest BCUT2D eigenvalue weighted by Gasteiger charge is -2.15. The van der Waals surface area contributed by atoms with Gasteiger partial charge in [-0.2, -0.15) is 0 Å². The van der Waals surface area contributed by atoms with Crippen LogP contribution in [-0.2, 0) is 18.3 Å². The third-order valence-corrected chi connectivity index (χ3v) is 4.65. The minimum absolute atomic E-state index is 0.0390. The number of hydrogen-bond acceptors (Lipinski definition) is 8. The maximum absolute atomic E-state index is 12.8. The van der Waals surface area contributed by atoms with E-state index in [9.17, 15) is 19.2 Å². The Morgan fingerprint density at radius 1 is 1.09 bits per heavy atom. The summed E-state index contributed by atoms with van der Waals surface area (Å²) < 4.78 is 12.3. The largest absolute Gasteiger partial charge is 0.477 e. The third-order valence-electron chi connectivity index (χ3n) is 4.65. The predicted molar refractivity (Wildman–Crippen MR) is 116 cm³/mol. The highest BCUT2D eigenvalue weighted by Crippen LogP contribution is 2.16. The summed E-state index contributed by atoms with van der Waals surface area (Å²) in [5, 5.41) is 0. The fourth-order valence-corrected chi connectivity index (χ4v) is 3.04. The summed E-state index contributed by atoms with van der Waals surface area (Å²) in [5.74, 6) is -1.90. The van der Waals surface area contributed by atoms with Crippen molar-refractivity contribution >= 4 is 17.6 Å². The first-order valence-corrected chi connectivity index (χ1v) is 9.76. The van der Waals surface area contributed by atoms with Gasteiger partial charge in [-0.05, 0) is 24.6 Å². The predicted octanol–water partition coefficient (Wildman–Crippen LogP) is 1.01. The van der Waals surface area contributed by atoms with Gasteiger partial charge in [-0.15, -0.1) is 0 Å². The van der Waals surface area contributed by atoms with E-state index >= 15 is 0 Å². The number of nitrogens with two attached hydrogens (primary N) is 1. The number of ether oxygens (including phenoxy) is 2. The molecule has 0 bridgehead atoms. The minimum Gasteiger partial charge on any atom is -0.477 e. The Morgan fingerprint density at radius 3 is 2.50 bits per heavy atom. The smallest absolute Gasteiger partial charge is 0.344 e. The molecule has 0 aliphatic heterocycles. The van der Waals surface area contributed by atoms with Crippen molar-refractivity contribution in [2.75, 3.05) is 18.9 Å². The third kappa shape index (κ3) is 4.59. The number of Topliss-reactive ketones (excluding diaryl/α,β-unsaturated/α-hetero) is 1. The number of carbonyl (C=O) groups excluding carboxylic acids is 2. The zero-order valence-electron chi connectivity index (χ0n) is 17.6. The molecule has 0 amide bonds.